The number of ether oxygens (including phenoxy) is 3. The van der Waals surface area contributed by atoms with Crippen LogP contribution in [0.25, 0.3) is 0 Å². The number of unbranched alkanes of at least 4 members (excludes halogenated alkanes) is 1. The largest absolute Gasteiger partial charge is 0.459 e. The summed E-state index contributed by atoms with van der Waals surface area (Å²) in [6.07, 6.45) is 3.54. The van der Waals surface area contributed by atoms with E-state index in [1.54, 1.807) is 18.4 Å². The maximum absolute atomic E-state index is 12.3. The van der Waals surface area contributed by atoms with E-state index in [1.807, 2.05) is 17.5 Å². The highest BCUT2D eigenvalue weighted by molar-refractivity contribution is 7.10. The molecule has 7 heteroatoms. The number of aliphatic hydroxyl groups excluding tert-OH is 1. The lowest BCUT2D eigenvalue weighted by atomic mass is 9.99. The van der Waals surface area contributed by atoms with E-state index in [4.69, 9.17) is 19.3 Å². The first-order valence-electron chi connectivity index (χ1n) is 8.16. The Morgan fingerprint density at radius 1 is 1.46 bits per heavy atom. The van der Waals surface area contributed by atoms with E-state index in [0.717, 1.165) is 6.42 Å². The Kier molecular flexibility index (Phi) is 8.24. The lowest BCUT2D eigenvalue weighted by molar-refractivity contribution is -0.146. The third kappa shape index (κ3) is 5.90. The van der Waals surface area contributed by atoms with Crippen molar-refractivity contribution >= 4 is 17.2 Å². The van der Waals surface area contributed by atoms with Crippen molar-refractivity contribution in [2.24, 2.45) is 0 Å². The lowest BCUT2D eigenvalue weighted by Crippen LogP contribution is -2.34. The zero-order valence-electron chi connectivity index (χ0n) is 13.9. The molecule has 2 heterocycles. The number of amides is 1. The van der Waals surface area contributed by atoms with E-state index in [0.29, 0.717) is 38.4 Å². The van der Waals surface area contributed by atoms with Crippen LogP contribution in [-0.2, 0) is 19.0 Å². The third-order valence-electron chi connectivity index (χ3n) is 3.64. The molecule has 1 aromatic rings. The minimum atomic E-state index is -0.455. The van der Waals surface area contributed by atoms with E-state index in [9.17, 15) is 4.79 Å². The average molecular weight is 355 g/mol. The summed E-state index contributed by atoms with van der Waals surface area (Å²) in [6.45, 7) is 1.54. The molecule has 2 N–H and O–H groups in total. The Balaban J connectivity index is 1.98. The SMILES string of the molecule is COCCNC(=O)C1=C[C@@H](c2cccs2)C[C@@H](OCCCCO)O1. The van der Waals surface area contributed by atoms with Crippen LogP contribution in [0, 0.1) is 0 Å². The number of methoxy groups -OCH3 is 1. The van der Waals surface area contributed by atoms with Crippen LogP contribution in [0.4, 0.5) is 0 Å². The fraction of sp³-hybridized carbons (Fsp3) is 0.588. The monoisotopic (exact) mass is 355 g/mol. The molecule has 0 saturated heterocycles. The highest BCUT2D eigenvalue weighted by Crippen LogP contribution is 2.33. The Labute approximate surface area is 146 Å². The van der Waals surface area contributed by atoms with E-state index in [-0.39, 0.29) is 18.4 Å². The molecule has 2 rings (SSSR count). The summed E-state index contributed by atoms with van der Waals surface area (Å²) >= 11 is 1.66. The molecule has 1 aromatic heterocycles. The number of aliphatic hydroxyl groups is 1. The van der Waals surface area contributed by atoms with E-state index >= 15 is 0 Å². The number of carbonyl (C=O) groups is 1. The Morgan fingerprint density at radius 2 is 2.33 bits per heavy atom. The Bertz CT molecular complexity index is 517. The molecule has 0 aromatic carbocycles. The second-order valence-corrected chi connectivity index (χ2v) is 6.47. The summed E-state index contributed by atoms with van der Waals surface area (Å²) < 4.78 is 16.4. The van der Waals surface area contributed by atoms with Crippen molar-refractivity contribution in [3.05, 3.63) is 34.2 Å². The molecule has 134 valence electrons. The Hall–Kier alpha value is -1.41. The van der Waals surface area contributed by atoms with Gasteiger partial charge in [-0.1, -0.05) is 6.07 Å². The summed E-state index contributed by atoms with van der Waals surface area (Å²) in [5, 5.41) is 13.6. The lowest BCUT2D eigenvalue weighted by Gasteiger charge is -2.28. The van der Waals surface area contributed by atoms with Crippen LogP contribution in [0.1, 0.15) is 30.1 Å². The molecule has 24 heavy (non-hydrogen) atoms. The number of nitrogens with one attached hydrogen (secondary N) is 1. The van der Waals surface area contributed by atoms with Crippen molar-refractivity contribution < 1.29 is 24.1 Å². The average Bonchev–Trinajstić information content (AvgIpc) is 3.13. The molecule has 0 radical (unpaired) electrons. The van der Waals surface area contributed by atoms with Crippen LogP contribution in [0.2, 0.25) is 0 Å². The van der Waals surface area contributed by atoms with Crippen LogP contribution in [0.5, 0.6) is 0 Å². The van der Waals surface area contributed by atoms with Crippen LogP contribution in [0.3, 0.4) is 0 Å². The first-order chi connectivity index (χ1) is 11.7. The minimum absolute atomic E-state index is 0.102. The van der Waals surface area contributed by atoms with E-state index < -0.39 is 6.29 Å². The molecule has 2 atom stereocenters. The van der Waals surface area contributed by atoms with Gasteiger partial charge in [0.1, 0.15) is 0 Å². The van der Waals surface area contributed by atoms with Gasteiger partial charge in [-0.05, 0) is 30.4 Å². The third-order valence-corrected chi connectivity index (χ3v) is 4.64. The van der Waals surface area contributed by atoms with Gasteiger partial charge in [0.25, 0.3) is 5.91 Å². The maximum atomic E-state index is 12.3. The van der Waals surface area contributed by atoms with Gasteiger partial charge in [0.05, 0.1) is 13.2 Å². The van der Waals surface area contributed by atoms with Crippen molar-refractivity contribution in [1.29, 1.82) is 0 Å². The molecule has 0 unspecified atom stereocenters. The molecule has 0 fully saturated rings. The van der Waals surface area contributed by atoms with Gasteiger partial charge < -0.3 is 24.6 Å². The minimum Gasteiger partial charge on any atom is -0.459 e. The van der Waals surface area contributed by atoms with Gasteiger partial charge >= 0.3 is 0 Å². The molecule has 0 spiro atoms. The molecule has 1 aliphatic rings. The quantitative estimate of drug-likeness (QED) is 0.628. The number of thiophene rings is 1. The Morgan fingerprint density at radius 3 is 3.04 bits per heavy atom. The van der Waals surface area contributed by atoms with E-state index in [2.05, 4.69) is 11.4 Å². The van der Waals surface area contributed by atoms with Crippen molar-refractivity contribution in [3.8, 4) is 0 Å². The highest BCUT2D eigenvalue weighted by atomic mass is 32.1. The van der Waals surface area contributed by atoms with Gasteiger partial charge in [-0.15, -0.1) is 11.3 Å². The van der Waals surface area contributed by atoms with Gasteiger partial charge in [-0.3, -0.25) is 4.79 Å². The van der Waals surface area contributed by atoms with Gasteiger partial charge in [0.15, 0.2) is 5.76 Å². The van der Waals surface area contributed by atoms with Gasteiger partial charge in [-0.25, -0.2) is 0 Å². The summed E-state index contributed by atoms with van der Waals surface area (Å²) in [5.74, 6) is 0.143. The molecule has 0 bridgehead atoms. The van der Waals surface area contributed by atoms with Crippen molar-refractivity contribution in [2.45, 2.75) is 31.5 Å². The molecule has 6 nitrogen and oxygen atoms in total. The first-order valence-corrected chi connectivity index (χ1v) is 9.04. The van der Waals surface area contributed by atoms with Crippen molar-refractivity contribution in [1.82, 2.24) is 5.32 Å². The van der Waals surface area contributed by atoms with Crippen LogP contribution in [-0.4, -0.2) is 50.8 Å². The van der Waals surface area contributed by atoms with Gasteiger partial charge in [0.2, 0.25) is 6.29 Å². The molecule has 1 aliphatic heterocycles. The number of allylic oxidation sites excluding steroid dienone is 1. The topological polar surface area (TPSA) is 77.0 Å². The summed E-state index contributed by atoms with van der Waals surface area (Å²) in [6, 6.07) is 4.05. The molecule has 0 saturated carbocycles. The van der Waals surface area contributed by atoms with Crippen LogP contribution >= 0.6 is 11.3 Å². The highest BCUT2D eigenvalue weighted by Gasteiger charge is 2.29. The van der Waals surface area contributed by atoms with Crippen LogP contribution in [0.15, 0.2) is 29.3 Å². The smallest absolute Gasteiger partial charge is 0.286 e. The van der Waals surface area contributed by atoms with Crippen LogP contribution < -0.4 is 5.32 Å². The predicted molar refractivity (Wildman–Crippen MR) is 91.8 cm³/mol. The van der Waals surface area contributed by atoms with Gasteiger partial charge in [0, 0.05) is 37.5 Å². The molecule has 1 amide bonds. The number of rotatable bonds is 10. The van der Waals surface area contributed by atoms with Crippen molar-refractivity contribution in [3.63, 3.8) is 0 Å². The normalized spacial score (nSPS) is 20.3. The number of hydrogen-bond donors (Lipinski definition) is 2. The second kappa shape index (κ2) is 10.5. The van der Waals surface area contributed by atoms with Crippen molar-refractivity contribution in [2.75, 3.05) is 33.5 Å². The summed E-state index contributed by atoms with van der Waals surface area (Å²) in [4.78, 5) is 13.4. The zero-order chi connectivity index (χ0) is 17.2. The number of carbonyl (C=O) groups excluding carboxylic acids is 1. The fourth-order valence-electron chi connectivity index (χ4n) is 2.40. The fourth-order valence-corrected chi connectivity index (χ4v) is 3.21. The maximum Gasteiger partial charge on any atom is 0.286 e. The summed E-state index contributed by atoms with van der Waals surface area (Å²) in [5.41, 5.74) is 0. The van der Waals surface area contributed by atoms with Gasteiger partial charge in [-0.2, -0.15) is 0 Å². The second-order valence-electron chi connectivity index (χ2n) is 5.49. The predicted octanol–water partition coefficient (Wildman–Crippen LogP) is 2.01. The first kappa shape index (κ1) is 18.9. The molecular weight excluding hydrogens is 330 g/mol. The number of hydrogen-bond acceptors (Lipinski definition) is 6. The van der Waals surface area contributed by atoms with E-state index in [1.165, 1.54) is 4.88 Å². The standard InChI is InChI=1S/C17H25NO5S/c1-21-9-6-18-17(20)14-11-13(15-5-4-10-24-15)12-16(23-14)22-8-3-2-7-19/h4-5,10-11,13,16,19H,2-3,6-9,12H2,1H3,(H,18,20)/t13-,16+/m1/s1. The zero-order valence-corrected chi connectivity index (χ0v) is 14.7. The molecular formula is C17H25NO5S. The summed E-state index contributed by atoms with van der Waals surface area (Å²) in [7, 11) is 1.59. The molecule has 0 aliphatic carbocycles.